The van der Waals surface area contributed by atoms with Crippen LogP contribution in [0.1, 0.15) is 36.0 Å². The summed E-state index contributed by atoms with van der Waals surface area (Å²) < 4.78 is 7.55. The van der Waals surface area contributed by atoms with Gasteiger partial charge in [-0.3, -0.25) is 4.57 Å². The summed E-state index contributed by atoms with van der Waals surface area (Å²) in [6, 6.07) is 12.2. The highest BCUT2D eigenvalue weighted by atomic mass is 16.5. The van der Waals surface area contributed by atoms with Crippen molar-refractivity contribution in [1.82, 2.24) is 19.7 Å². The van der Waals surface area contributed by atoms with Gasteiger partial charge in [-0.15, -0.1) is 10.2 Å². The molecule has 0 saturated carbocycles. The Morgan fingerprint density at radius 1 is 1.04 bits per heavy atom. The Morgan fingerprint density at radius 3 is 2.52 bits per heavy atom. The van der Waals surface area contributed by atoms with Gasteiger partial charge in [0.15, 0.2) is 0 Å². The lowest BCUT2D eigenvalue weighted by Gasteiger charge is -2.32. The minimum Gasteiger partial charge on any atom is -0.497 e. The smallest absolute Gasteiger partial charge is 0.140 e. The van der Waals surface area contributed by atoms with Gasteiger partial charge >= 0.3 is 0 Å². The monoisotopic (exact) mass is 363 g/mol. The van der Waals surface area contributed by atoms with E-state index in [2.05, 4.69) is 49.8 Å². The average molecular weight is 363 g/mol. The molecule has 1 saturated heterocycles. The van der Waals surface area contributed by atoms with Crippen LogP contribution >= 0.6 is 0 Å². The van der Waals surface area contributed by atoms with Gasteiger partial charge in [0.1, 0.15) is 23.2 Å². The number of aryl methyl sites for hydroxylation is 2. The molecule has 27 heavy (non-hydrogen) atoms. The van der Waals surface area contributed by atoms with Crippen molar-refractivity contribution in [3.63, 3.8) is 0 Å². The van der Waals surface area contributed by atoms with Crippen LogP contribution in [0.4, 0.5) is 5.82 Å². The van der Waals surface area contributed by atoms with Crippen LogP contribution in [0.5, 0.6) is 5.75 Å². The van der Waals surface area contributed by atoms with Crippen molar-refractivity contribution in [2.45, 2.75) is 32.6 Å². The van der Waals surface area contributed by atoms with E-state index in [1.165, 1.54) is 0 Å². The summed E-state index contributed by atoms with van der Waals surface area (Å²) in [7, 11) is 1.69. The average Bonchev–Trinajstić information content (AvgIpc) is 3.10. The summed E-state index contributed by atoms with van der Waals surface area (Å²) in [5, 5.41) is 8.93. The summed E-state index contributed by atoms with van der Waals surface area (Å²) in [5.74, 6) is 4.30. The van der Waals surface area contributed by atoms with Crippen molar-refractivity contribution < 1.29 is 4.74 Å². The third kappa shape index (κ3) is 3.39. The number of methoxy groups -OCH3 is 1. The number of nitrogens with zero attached hydrogens (tertiary/aromatic N) is 5. The molecule has 0 radical (unpaired) electrons. The maximum atomic E-state index is 5.35. The number of pyridine rings is 1. The van der Waals surface area contributed by atoms with E-state index in [4.69, 9.17) is 4.74 Å². The van der Waals surface area contributed by atoms with Crippen LogP contribution in [0.15, 0.2) is 42.6 Å². The lowest BCUT2D eigenvalue weighted by molar-refractivity contribution is 0.414. The Hall–Kier alpha value is -2.89. The van der Waals surface area contributed by atoms with E-state index in [1.807, 2.05) is 31.3 Å². The van der Waals surface area contributed by atoms with Crippen molar-refractivity contribution in [2.24, 2.45) is 0 Å². The number of rotatable bonds is 4. The van der Waals surface area contributed by atoms with Gasteiger partial charge in [0.2, 0.25) is 0 Å². The van der Waals surface area contributed by atoms with E-state index in [9.17, 15) is 0 Å². The Kier molecular flexibility index (Phi) is 4.79. The second-order valence-corrected chi connectivity index (χ2v) is 7.04. The van der Waals surface area contributed by atoms with Gasteiger partial charge in [-0.05, 0) is 62.6 Å². The Bertz CT molecular complexity index is 914. The second kappa shape index (κ2) is 7.39. The quantitative estimate of drug-likeness (QED) is 0.708. The van der Waals surface area contributed by atoms with Gasteiger partial charge < -0.3 is 9.64 Å². The molecule has 6 heteroatoms. The molecule has 3 heterocycles. The zero-order valence-corrected chi connectivity index (χ0v) is 16.1. The predicted molar refractivity (Wildman–Crippen MR) is 106 cm³/mol. The van der Waals surface area contributed by atoms with Crippen LogP contribution < -0.4 is 9.64 Å². The number of hydrogen-bond donors (Lipinski definition) is 0. The summed E-state index contributed by atoms with van der Waals surface area (Å²) in [5.41, 5.74) is 2.28. The van der Waals surface area contributed by atoms with Crippen LogP contribution in [0.3, 0.4) is 0 Å². The molecular formula is C21H25N5O. The first kappa shape index (κ1) is 17.5. The fourth-order valence-electron chi connectivity index (χ4n) is 3.85. The maximum absolute atomic E-state index is 5.35. The molecule has 0 aliphatic carbocycles. The first-order valence-corrected chi connectivity index (χ1v) is 9.40. The maximum Gasteiger partial charge on any atom is 0.140 e. The molecule has 4 rings (SSSR count). The SMILES string of the molecule is COc1ccc(-n2c(C)nnc2C2CCN(c3ccccn3)CC2)c(C)c1. The minimum absolute atomic E-state index is 0.396. The topological polar surface area (TPSA) is 56.1 Å². The van der Waals surface area contributed by atoms with E-state index in [0.717, 1.165) is 60.4 Å². The first-order chi connectivity index (χ1) is 13.2. The van der Waals surface area contributed by atoms with Crippen molar-refractivity contribution in [3.8, 4) is 11.4 Å². The van der Waals surface area contributed by atoms with E-state index in [1.54, 1.807) is 7.11 Å². The second-order valence-electron chi connectivity index (χ2n) is 7.04. The third-order valence-corrected chi connectivity index (χ3v) is 5.33. The molecule has 1 aliphatic heterocycles. The molecule has 140 valence electrons. The first-order valence-electron chi connectivity index (χ1n) is 9.40. The number of ether oxygens (including phenoxy) is 1. The van der Waals surface area contributed by atoms with Gasteiger partial charge in [0.25, 0.3) is 0 Å². The van der Waals surface area contributed by atoms with Gasteiger partial charge in [0, 0.05) is 25.2 Å². The predicted octanol–water partition coefficient (Wildman–Crippen LogP) is 3.67. The number of benzene rings is 1. The highest BCUT2D eigenvalue weighted by Crippen LogP contribution is 2.32. The minimum atomic E-state index is 0.396. The molecular weight excluding hydrogens is 338 g/mol. The molecule has 0 spiro atoms. The third-order valence-electron chi connectivity index (χ3n) is 5.33. The summed E-state index contributed by atoms with van der Waals surface area (Å²) in [6.45, 7) is 6.08. The molecule has 0 N–H and O–H groups in total. The molecule has 0 atom stereocenters. The zero-order chi connectivity index (χ0) is 18.8. The van der Waals surface area contributed by atoms with Gasteiger partial charge in [0.05, 0.1) is 12.8 Å². The molecule has 1 aliphatic rings. The summed E-state index contributed by atoms with van der Waals surface area (Å²) in [6.07, 6.45) is 3.95. The van der Waals surface area contributed by atoms with Crippen molar-refractivity contribution in [2.75, 3.05) is 25.1 Å². The normalized spacial score (nSPS) is 15.1. The van der Waals surface area contributed by atoms with E-state index >= 15 is 0 Å². The standard InChI is InChI=1S/C21H25N5O/c1-15-14-18(27-3)7-8-19(15)26-16(2)23-24-21(26)17-9-12-25(13-10-17)20-6-4-5-11-22-20/h4-8,11,14,17H,9-10,12-13H2,1-3H3. The molecule has 1 aromatic carbocycles. The summed E-state index contributed by atoms with van der Waals surface area (Å²) >= 11 is 0. The van der Waals surface area contributed by atoms with Crippen molar-refractivity contribution >= 4 is 5.82 Å². The van der Waals surface area contributed by atoms with Crippen LogP contribution in [0.2, 0.25) is 0 Å². The van der Waals surface area contributed by atoms with Crippen LogP contribution in [0.25, 0.3) is 5.69 Å². The number of hydrogen-bond acceptors (Lipinski definition) is 5. The van der Waals surface area contributed by atoms with E-state index in [0.29, 0.717) is 5.92 Å². The molecule has 3 aromatic rings. The molecule has 2 aromatic heterocycles. The fourth-order valence-corrected chi connectivity index (χ4v) is 3.85. The van der Waals surface area contributed by atoms with E-state index < -0.39 is 0 Å². The Labute approximate surface area is 159 Å². The zero-order valence-electron chi connectivity index (χ0n) is 16.1. The highest BCUT2D eigenvalue weighted by molar-refractivity contribution is 5.47. The van der Waals surface area contributed by atoms with Crippen molar-refractivity contribution in [1.29, 1.82) is 0 Å². The lowest BCUT2D eigenvalue weighted by atomic mass is 9.95. The summed E-state index contributed by atoms with van der Waals surface area (Å²) in [4.78, 5) is 6.83. The lowest BCUT2D eigenvalue weighted by Crippen LogP contribution is -2.34. The van der Waals surface area contributed by atoms with Crippen LogP contribution in [-0.2, 0) is 0 Å². The van der Waals surface area contributed by atoms with Crippen molar-refractivity contribution in [3.05, 3.63) is 59.8 Å². The van der Waals surface area contributed by atoms with E-state index in [-0.39, 0.29) is 0 Å². The Morgan fingerprint density at radius 2 is 1.85 bits per heavy atom. The molecule has 0 amide bonds. The molecule has 6 nitrogen and oxygen atoms in total. The highest BCUT2D eigenvalue weighted by Gasteiger charge is 2.27. The number of anilines is 1. The van der Waals surface area contributed by atoms with Crippen LogP contribution in [-0.4, -0.2) is 39.9 Å². The number of aromatic nitrogens is 4. The molecule has 1 fully saturated rings. The molecule has 0 unspecified atom stereocenters. The molecule has 0 bridgehead atoms. The Balaban J connectivity index is 1.58. The van der Waals surface area contributed by atoms with Gasteiger partial charge in [-0.25, -0.2) is 4.98 Å². The fraction of sp³-hybridized carbons (Fsp3) is 0.381. The number of piperidine rings is 1. The van der Waals surface area contributed by atoms with Gasteiger partial charge in [-0.2, -0.15) is 0 Å². The van der Waals surface area contributed by atoms with Crippen LogP contribution in [0, 0.1) is 13.8 Å². The largest absolute Gasteiger partial charge is 0.497 e. The van der Waals surface area contributed by atoms with Gasteiger partial charge in [-0.1, -0.05) is 6.07 Å².